The third-order valence-corrected chi connectivity index (χ3v) is 3.90. The molecule has 1 fully saturated rings. The van der Waals surface area contributed by atoms with Crippen molar-refractivity contribution >= 4 is 23.4 Å². The van der Waals surface area contributed by atoms with Crippen LogP contribution in [-0.4, -0.2) is 53.4 Å². The van der Waals surface area contributed by atoms with E-state index in [1.807, 2.05) is 0 Å². The summed E-state index contributed by atoms with van der Waals surface area (Å²) in [5.41, 5.74) is 6.30. The normalized spacial score (nSPS) is 19.8. The van der Waals surface area contributed by atoms with Gasteiger partial charge in [0.2, 0.25) is 17.7 Å². The molecule has 3 amide bonds. The lowest BCUT2D eigenvalue weighted by atomic mass is 10.1. The van der Waals surface area contributed by atoms with E-state index in [1.165, 1.54) is 24.1 Å². The second-order valence-electron chi connectivity index (χ2n) is 5.77. The van der Waals surface area contributed by atoms with Crippen LogP contribution >= 0.6 is 0 Å². The number of nitrogens with zero attached hydrogens (tertiary/aromatic N) is 1. The Kier molecular flexibility index (Phi) is 5.75. The van der Waals surface area contributed by atoms with Gasteiger partial charge in [-0.15, -0.1) is 0 Å². The van der Waals surface area contributed by atoms with Gasteiger partial charge < -0.3 is 26.4 Å². The van der Waals surface area contributed by atoms with E-state index in [1.54, 1.807) is 12.1 Å². The monoisotopic (exact) mass is 334 g/mol. The Morgan fingerprint density at radius 1 is 1.33 bits per heavy atom. The van der Waals surface area contributed by atoms with Crippen molar-refractivity contribution in [3.05, 3.63) is 24.3 Å². The van der Waals surface area contributed by atoms with Gasteiger partial charge in [-0.05, 0) is 18.6 Å². The second-order valence-corrected chi connectivity index (χ2v) is 5.77. The molecule has 0 bridgehead atoms. The zero-order chi connectivity index (χ0) is 17.7. The van der Waals surface area contributed by atoms with Gasteiger partial charge in [0.05, 0.1) is 0 Å². The van der Waals surface area contributed by atoms with Crippen LogP contribution in [0.4, 0.5) is 5.69 Å². The Labute approximate surface area is 140 Å². The molecule has 2 rings (SSSR count). The van der Waals surface area contributed by atoms with Crippen molar-refractivity contribution in [2.75, 3.05) is 18.9 Å². The van der Waals surface area contributed by atoms with Gasteiger partial charge in [-0.2, -0.15) is 0 Å². The van der Waals surface area contributed by atoms with E-state index in [2.05, 4.69) is 10.6 Å². The van der Waals surface area contributed by atoms with Gasteiger partial charge in [0.1, 0.15) is 11.8 Å². The van der Waals surface area contributed by atoms with Crippen LogP contribution in [0, 0.1) is 0 Å². The van der Waals surface area contributed by atoms with Gasteiger partial charge in [-0.1, -0.05) is 6.07 Å². The molecule has 0 aliphatic carbocycles. The van der Waals surface area contributed by atoms with E-state index in [9.17, 15) is 19.5 Å². The van der Waals surface area contributed by atoms with Crippen molar-refractivity contribution in [1.29, 1.82) is 0 Å². The summed E-state index contributed by atoms with van der Waals surface area (Å²) in [5.74, 6) is -0.819. The number of amides is 3. The molecule has 1 saturated heterocycles. The third-order valence-electron chi connectivity index (χ3n) is 3.90. The molecular formula is C16H22N4O4. The molecule has 24 heavy (non-hydrogen) atoms. The maximum Gasteiger partial charge on any atom is 0.242 e. The molecule has 2 atom stereocenters. The highest BCUT2D eigenvalue weighted by molar-refractivity contribution is 5.94. The second kappa shape index (κ2) is 7.78. The molecule has 5 N–H and O–H groups in total. The predicted molar refractivity (Wildman–Crippen MR) is 88.1 cm³/mol. The standard InChI is InChI=1S/C16H22N4O4/c1-18-16(24)13-7-10(17)9-20(13)15(23)6-5-14(22)19-11-3-2-4-12(21)8-11/h2-4,8,10,13,21H,5-7,9,17H2,1H3,(H,18,24)(H,19,22)/t10-,13-/m0/s1. The van der Waals surface area contributed by atoms with Gasteiger partial charge in [-0.25, -0.2) is 0 Å². The Balaban J connectivity index is 1.87. The first-order valence-electron chi connectivity index (χ1n) is 7.76. The fourth-order valence-electron chi connectivity index (χ4n) is 2.73. The summed E-state index contributed by atoms with van der Waals surface area (Å²) < 4.78 is 0. The SMILES string of the molecule is CNC(=O)[C@@H]1C[C@H](N)CN1C(=O)CCC(=O)Nc1cccc(O)c1. The minimum Gasteiger partial charge on any atom is -0.508 e. The summed E-state index contributed by atoms with van der Waals surface area (Å²) >= 11 is 0. The van der Waals surface area contributed by atoms with E-state index >= 15 is 0 Å². The van der Waals surface area contributed by atoms with E-state index in [0.29, 0.717) is 18.7 Å². The molecule has 1 heterocycles. The van der Waals surface area contributed by atoms with Crippen molar-refractivity contribution in [2.45, 2.75) is 31.3 Å². The number of carbonyl (C=O) groups is 3. The van der Waals surface area contributed by atoms with Crippen molar-refractivity contribution in [1.82, 2.24) is 10.2 Å². The van der Waals surface area contributed by atoms with Crippen molar-refractivity contribution in [3.63, 3.8) is 0 Å². The summed E-state index contributed by atoms with van der Waals surface area (Å²) in [4.78, 5) is 37.5. The summed E-state index contributed by atoms with van der Waals surface area (Å²) in [6.45, 7) is 0.311. The lowest BCUT2D eigenvalue weighted by molar-refractivity contribution is -0.138. The minimum atomic E-state index is -0.577. The first-order chi connectivity index (χ1) is 11.4. The van der Waals surface area contributed by atoms with Crippen LogP contribution in [0.1, 0.15) is 19.3 Å². The van der Waals surface area contributed by atoms with Crippen LogP contribution in [0.5, 0.6) is 5.75 Å². The average molecular weight is 334 g/mol. The average Bonchev–Trinajstić information content (AvgIpc) is 2.94. The highest BCUT2D eigenvalue weighted by Crippen LogP contribution is 2.19. The number of likely N-dealkylation sites (N-methyl/N-ethyl adjacent to an activating group) is 1. The number of phenols is 1. The summed E-state index contributed by atoms with van der Waals surface area (Å²) in [6, 6.07) is 5.34. The van der Waals surface area contributed by atoms with E-state index in [0.717, 1.165) is 0 Å². The molecule has 8 heteroatoms. The van der Waals surface area contributed by atoms with Crippen molar-refractivity contribution < 1.29 is 19.5 Å². The fraction of sp³-hybridized carbons (Fsp3) is 0.438. The number of anilines is 1. The zero-order valence-corrected chi connectivity index (χ0v) is 13.5. The maximum atomic E-state index is 12.3. The van der Waals surface area contributed by atoms with Crippen molar-refractivity contribution in [2.24, 2.45) is 5.73 Å². The minimum absolute atomic E-state index is 0.00906. The Morgan fingerprint density at radius 2 is 2.08 bits per heavy atom. The first-order valence-corrected chi connectivity index (χ1v) is 7.76. The third kappa shape index (κ3) is 4.45. The molecule has 0 unspecified atom stereocenters. The number of nitrogens with two attached hydrogens (primary N) is 1. The van der Waals surface area contributed by atoms with Gasteiger partial charge in [0.15, 0.2) is 0 Å². The van der Waals surface area contributed by atoms with Crippen LogP contribution in [0.3, 0.4) is 0 Å². The highest BCUT2D eigenvalue weighted by Gasteiger charge is 2.37. The van der Waals surface area contributed by atoms with Crippen LogP contribution in [0.2, 0.25) is 0 Å². The van der Waals surface area contributed by atoms with E-state index in [-0.39, 0.29) is 42.4 Å². The Bertz CT molecular complexity index is 634. The number of phenolic OH excluding ortho intramolecular Hbond substituents is 1. The van der Waals surface area contributed by atoms with Crippen LogP contribution in [-0.2, 0) is 14.4 Å². The quantitative estimate of drug-likeness (QED) is 0.593. The number of hydrogen-bond acceptors (Lipinski definition) is 5. The van der Waals surface area contributed by atoms with Crippen LogP contribution in [0.15, 0.2) is 24.3 Å². The smallest absolute Gasteiger partial charge is 0.242 e. The summed E-state index contributed by atoms with van der Waals surface area (Å²) in [5, 5.41) is 14.5. The summed E-state index contributed by atoms with van der Waals surface area (Å²) in [7, 11) is 1.51. The van der Waals surface area contributed by atoms with E-state index in [4.69, 9.17) is 5.73 Å². The molecule has 0 radical (unpaired) electrons. The maximum absolute atomic E-state index is 12.3. The molecule has 8 nitrogen and oxygen atoms in total. The van der Waals surface area contributed by atoms with Crippen molar-refractivity contribution in [3.8, 4) is 5.75 Å². The largest absolute Gasteiger partial charge is 0.508 e. The number of hydrogen-bond donors (Lipinski definition) is 4. The van der Waals surface area contributed by atoms with Crippen LogP contribution in [0.25, 0.3) is 0 Å². The molecule has 0 spiro atoms. The van der Waals surface area contributed by atoms with Gasteiger partial charge in [0, 0.05) is 44.2 Å². The molecule has 0 aromatic heterocycles. The molecule has 1 aromatic carbocycles. The molecule has 0 saturated carbocycles. The number of rotatable bonds is 5. The Hall–Kier alpha value is -2.61. The number of likely N-dealkylation sites (tertiary alicyclic amines) is 1. The molecule has 130 valence electrons. The highest BCUT2D eigenvalue weighted by atomic mass is 16.3. The molecular weight excluding hydrogens is 312 g/mol. The number of nitrogens with one attached hydrogen (secondary N) is 2. The number of aromatic hydroxyl groups is 1. The number of carbonyl (C=O) groups excluding carboxylic acids is 3. The fourth-order valence-corrected chi connectivity index (χ4v) is 2.73. The predicted octanol–water partition coefficient (Wildman–Crippen LogP) is -0.215. The molecule has 1 aromatic rings. The van der Waals surface area contributed by atoms with Gasteiger partial charge in [-0.3, -0.25) is 14.4 Å². The molecule has 1 aliphatic heterocycles. The lowest BCUT2D eigenvalue weighted by Crippen LogP contribution is -2.45. The lowest BCUT2D eigenvalue weighted by Gasteiger charge is -2.23. The summed E-state index contributed by atoms with van der Waals surface area (Å²) in [6.07, 6.45) is 0.395. The number of benzene rings is 1. The van der Waals surface area contributed by atoms with Gasteiger partial charge in [0.25, 0.3) is 0 Å². The van der Waals surface area contributed by atoms with Gasteiger partial charge >= 0.3 is 0 Å². The van der Waals surface area contributed by atoms with Crippen LogP contribution < -0.4 is 16.4 Å². The zero-order valence-electron chi connectivity index (χ0n) is 13.5. The molecule has 1 aliphatic rings. The Morgan fingerprint density at radius 3 is 2.75 bits per heavy atom. The van der Waals surface area contributed by atoms with E-state index < -0.39 is 6.04 Å². The first kappa shape index (κ1) is 17.7. The topological polar surface area (TPSA) is 125 Å².